The Bertz CT molecular complexity index is 178. The second-order valence-electron chi connectivity index (χ2n) is 1.52. The molecule has 0 unspecified atom stereocenters. The third kappa shape index (κ3) is 5.20. The van der Waals surface area contributed by atoms with Crippen molar-refractivity contribution in [3.63, 3.8) is 0 Å². The Morgan fingerprint density at radius 3 is 1.09 bits per heavy atom. The Balaban J connectivity index is 0. The third-order valence-corrected chi connectivity index (χ3v) is 3.61. The molecule has 5 N–H and O–H groups in total. The molecule has 0 atom stereocenters. The van der Waals surface area contributed by atoms with Crippen molar-refractivity contribution in [2.24, 2.45) is 0 Å². The molecule has 0 bridgehead atoms. The maximum absolute atomic E-state index is 9.93. The van der Waals surface area contributed by atoms with Crippen molar-refractivity contribution in [1.29, 1.82) is 0 Å². The van der Waals surface area contributed by atoms with Crippen LogP contribution in [-0.4, -0.2) is 30.3 Å². The number of hydrogen-bond acceptors (Lipinski definition) is 3. The molecular weight excluding hydrogens is 285 g/mol. The smallest absolute Gasteiger partial charge is 0.366 e. The molecule has 0 saturated carbocycles. The van der Waals surface area contributed by atoms with Crippen LogP contribution >= 0.6 is 15.2 Å². The normalized spacial score (nSPS) is 12.9. The Morgan fingerprint density at radius 2 is 1.09 bits per heavy atom. The van der Waals surface area contributed by atoms with Crippen LogP contribution in [-0.2, 0) is 29.2 Å². The molecule has 7 nitrogen and oxygen atoms in total. The summed E-state index contributed by atoms with van der Waals surface area (Å²) in [4.78, 5) is 32.0. The molecule has 0 aliphatic rings. The van der Waals surface area contributed by atoms with E-state index >= 15 is 0 Å². The SMILES string of the molecule is O=P(O)(O)C(O)P(=O)(O)O.[99Tc]. The average molecular weight is 291 g/mol. The molecule has 0 aromatic rings. The van der Waals surface area contributed by atoms with E-state index in [0.29, 0.717) is 0 Å². The van der Waals surface area contributed by atoms with Crippen molar-refractivity contribution in [2.75, 3.05) is 0 Å². The molecule has 0 fully saturated rings. The average Bonchev–Trinajstić information content (AvgIpc) is 1.59. The molecule has 0 heterocycles. The second kappa shape index (κ2) is 4.23. The van der Waals surface area contributed by atoms with E-state index in [1.54, 1.807) is 0 Å². The molecular formula is CH6O7P2Tc. The Kier molecular flexibility index (Phi) is 5.55. The van der Waals surface area contributed by atoms with Crippen LogP contribution in [0.1, 0.15) is 0 Å². The van der Waals surface area contributed by atoms with Gasteiger partial charge in [-0.05, 0) is 0 Å². The van der Waals surface area contributed by atoms with Crippen molar-refractivity contribution in [1.82, 2.24) is 0 Å². The van der Waals surface area contributed by atoms with Crippen LogP contribution < -0.4 is 0 Å². The predicted octanol–water partition coefficient (Wildman–Crippen LogP) is -1.38. The van der Waals surface area contributed by atoms with Crippen molar-refractivity contribution < 1.29 is 53.9 Å². The molecule has 69 valence electrons. The van der Waals surface area contributed by atoms with Gasteiger partial charge < -0.3 is 24.7 Å². The van der Waals surface area contributed by atoms with Crippen molar-refractivity contribution >= 4 is 15.2 Å². The molecule has 11 heavy (non-hydrogen) atoms. The zero-order valence-electron chi connectivity index (χ0n) is 4.90. The number of hydrogen-bond donors (Lipinski definition) is 5. The van der Waals surface area contributed by atoms with Crippen LogP contribution in [0.4, 0.5) is 0 Å². The van der Waals surface area contributed by atoms with Crippen LogP contribution in [0.3, 0.4) is 0 Å². The van der Waals surface area contributed by atoms with Gasteiger partial charge in [-0.1, -0.05) is 0 Å². The van der Waals surface area contributed by atoms with Gasteiger partial charge in [0, 0.05) is 20.1 Å². The summed E-state index contributed by atoms with van der Waals surface area (Å²) in [6.07, 6.45) is 0. The molecule has 0 rings (SSSR count). The second-order valence-corrected chi connectivity index (χ2v) is 5.27. The molecule has 0 aliphatic carbocycles. The minimum atomic E-state index is -5.09. The number of aliphatic hydroxyl groups excluding tert-OH is 1. The molecule has 0 aromatic heterocycles. The predicted molar refractivity (Wildman–Crippen MR) is 30.1 cm³/mol. The number of rotatable bonds is 2. The van der Waals surface area contributed by atoms with Gasteiger partial charge in [0.25, 0.3) is 5.59 Å². The minimum Gasteiger partial charge on any atom is -0.370 e. The molecule has 0 saturated heterocycles. The van der Waals surface area contributed by atoms with Crippen LogP contribution in [0, 0.1) is 0 Å². The Hall–Kier alpha value is 0.909. The summed E-state index contributed by atoms with van der Waals surface area (Å²) in [5.74, 6) is 0. The maximum Gasteiger partial charge on any atom is 0.366 e. The Labute approximate surface area is 75.1 Å². The van der Waals surface area contributed by atoms with Gasteiger partial charge in [-0.25, -0.2) is 0 Å². The van der Waals surface area contributed by atoms with Crippen LogP contribution in [0.15, 0.2) is 0 Å². The first-order valence-electron chi connectivity index (χ1n) is 1.94. The largest absolute Gasteiger partial charge is 0.370 e. The van der Waals surface area contributed by atoms with Gasteiger partial charge in [0.1, 0.15) is 0 Å². The fourth-order valence-electron chi connectivity index (χ4n) is 0.196. The van der Waals surface area contributed by atoms with Crippen molar-refractivity contribution in [2.45, 2.75) is 5.59 Å². The van der Waals surface area contributed by atoms with Crippen LogP contribution in [0.5, 0.6) is 0 Å². The van der Waals surface area contributed by atoms with Crippen LogP contribution in [0.2, 0.25) is 0 Å². The summed E-state index contributed by atoms with van der Waals surface area (Å²) >= 11 is 0. The number of aliphatic hydroxyl groups is 1. The first-order chi connectivity index (χ1) is 4.15. The summed E-state index contributed by atoms with van der Waals surface area (Å²) in [7, 11) is -10.2. The van der Waals surface area contributed by atoms with Gasteiger partial charge >= 0.3 is 15.2 Å². The monoisotopic (exact) mass is 291 g/mol. The minimum absolute atomic E-state index is 0. The van der Waals surface area contributed by atoms with E-state index in [-0.39, 0.29) is 20.1 Å². The zero-order valence-corrected chi connectivity index (χ0v) is 8.55. The summed E-state index contributed by atoms with van der Waals surface area (Å²) in [5, 5.41) is 8.20. The van der Waals surface area contributed by atoms with Crippen molar-refractivity contribution in [3.8, 4) is 0 Å². The van der Waals surface area contributed by atoms with E-state index < -0.39 is 20.8 Å². The van der Waals surface area contributed by atoms with Gasteiger partial charge in [-0.2, -0.15) is 0 Å². The quantitative estimate of drug-likeness (QED) is 0.395. The maximum atomic E-state index is 9.93. The summed E-state index contributed by atoms with van der Waals surface area (Å²) in [6, 6.07) is 0. The first kappa shape index (κ1) is 14.4. The van der Waals surface area contributed by atoms with Gasteiger partial charge in [-0.3, -0.25) is 9.13 Å². The zero-order chi connectivity index (χ0) is 8.58. The van der Waals surface area contributed by atoms with Gasteiger partial charge in [0.2, 0.25) is 0 Å². The molecule has 0 aliphatic heterocycles. The first-order valence-corrected chi connectivity index (χ1v) is 5.30. The van der Waals surface area contributed by atoms with E-state index in [2.05, 4.69) is 0 Å². The summed E-state index contributed by atoms with van der Waals surface area (Å²) in [5.41, 5.74) is -2.90. The van der Waals surface area contributed by atoms with Crippen molar-refractivity contribution in [3.05, 3.63) is 0 Å². The summed E-state index contributed by atoms with van der Waals surface area (Å²) in [6.45, 7) is 0. The fourth-order valence-corrected chi connectivity index (χ4v) is 1.76. The van der Waals surface area contributed by atoms with Gasteiger partial charge in [0.05, 0.1) is 0 Å². The molecule has 0 aromatic carbocycles. The van der Waals surface area contributed by atoms with E-state index in [0.717, 1.165) is 0 Å². The van der Waals surface area contributed by atoms with Gasteiger partial charge in [-0.15, -0.1) is 0 Å². The standard InChI is InChI=1S/CH6O7P2.Tc/c2-1(9(3,4)5)10(6,7)8;/h1-2H,(H2,3,4,5)(H2,6,7,8);/i;1+1. The molecule has 10 heteroatoms. The molecule has 0 spiro atoms. The topological polar surface area (TPSA) is 135 Å². The fraction of sp³-hybridized carbons (Fsp3) is 1.00. The Morgan fingerprint density at radius 1 is 0.909 bits per heavy atom. The van der Waals surface area contributed by atoms with E-state index in [1.165, 1.54) is 0 Å². The van der Waals surface area contributed by atoms with Crippen LogP contribution in [0.25, 0.3) is 0 Å². The third-order valence-electron chi connectivity index (χ3n) is 0.602. The van der Waals surface area contributed by atoms with E-state index in [1.807, 2.05) is 0 Å². The molecule has 0 amide bonds. The molecule has 1 radical (unpaired) electrons. The van der Waals surface area contributed by atoms with E-state index in [9.17, 15) is 9.13 Å². The van der Waals surface area contributed by atoms with E-state index in [4.69, 9.17) is 24.7 Å². The summed E-state index contributed by atoms with van der Waals surface area (Å²) < 4.78 is 19.9. The van der Waals surface area contributed by atoms with Gasteiger partial charge in [0.15, 0.2) is 0 Å².